The van der Waals surface area contributed by atoms with Crippen molar-refractivity contribution in [1.29, 1.82) is 0 Å². The van der Waals surface area contributed by atoms with E-state index in [1.54, 1.807) is 6.92 Å². The monoisotopic (exact) mass is 278 g/mol. The summed E-state index contributed by atoms with van der Waals surface area (Å²) in [5, 5.41) is 0. The summed E-state index contributed by atoms with van der Waals surface area (Å²) < 4.78 is 27.7. The first-order valence-electron chi connectivity index (χ1n) is 6.29. The van der Waals surface area contributed by atoms with Crippen LogP contribution in [0.15, 0.2) is 0 Å². The molecule has 1 heterocycles. The molecule has 0 aliphatic carbocycles. The number of esters is 1. The van der Waals surface area contributed by atoms with E-state index in [9.17, 15) is 13.2 Å². The van der Waals surface area contributed by atoms with Gasteiger partial charge in [-0.05, 0) is 26.3 Å². The van der Waals surface area contributed by atoms with Gasteiger partial charge >= 0.3 is 5.97 Å². The molecule has 1 rings (SSSR count). The number of ether oxygens (including phenoxy) is 1. The van der Waals surface area contributed by atoms with Crippen molar-refractivity contribution in [3.8, 4) is 0 Å². The molecule has 0 aromatic heterocycles. The molecule has 1 atom stereocenters. The second kappa shape index (κ2) is 7.06. The quantitative estimate of drug-likeness (QED) is 0.675. The SMILES string of the molecule is CCOC(=O)C(N)CCN1CCCS(=O)(=O)CC1. The highest BCUT2D eigenvalue weighted by atomic mass is 32.2. The van der Waals surface area contributed by atoms with Crippen LogP contribution >= 0.6 is 0 Å². The van der Waals surface area contributed by atoms with Crippen LogP contribution in [0.3, 0.4) is 0 Å². The third kappa shape index (κ3) is 5.32. The van der Waals surface area contributed by atoms with Crippen LogP contribution in [0.1, 0.15) is 19.8 Å². The minimum Gasteiger partial charge on any atom is -0.465 e. The fourth-order valence-electron chi connectivity index (χ4n) is 1.90. The smallest absolute Gasteiger partial charge is 0.322 e. The first-order valence-corrected chi connectivity index (χ1v) is 8.12. The predicted molar refractivity (Wildman–Crippen MR) is 68.9 cm³/mol. The molecule has 0 spiro atoms. The minimum absolute atomic E-state index is 0.196. The molecule has 0 aromatic rings. The largest absolute Gasteiger partial charge is 0.465 e. The molecular formula is C11H22N2O4S. The minimum atomic E-state index is -2.88. The Morgan fingerprint density at radius 2 is 2.11 bits per heavy atom. The first-order chi connectivity index (χ1) is 8.44. The molecule has 2 N–H and O–H groups in total. The molecule has 0 aromatic carbocycles. The number of hydrogen-bond acceptors (Lipinski definition) is 6. The number of rotatable bonds is 5. The van der Waals surface area contributed by atoms with E-state index >= 15 is 0 Å². The van der Waals surface area contributed by atoms with Crippen LogP contribution in [0.25, 0.3) is 0 Å². The van der Waals surface area contributed by atoms with Gasteiger partial charge in [-0.3, -0.25) is 4.79 Å². The molecule has 0 saturated carbocycles. The van der Waals surface area contributed by atoms with E-state index in [4.69, 9.17) is 10.5 Å². The molecule has 7 heteroatoms. The Labute approximate surface area is 108 Å². The Kier molecular flexibility index (Phi) is 6.04. The van der Waals surface area contributed by atoms with Gasteiger partial charge in [-0.25, -0.2) is 8.42 Å². The second-order valence-electron chi connectivity index (χ2n) is 4.49. The van der Waals surface area contributed by atoms with Gasteiger partial charge in [-0.1, -0.05) is 0 Å². The lowest BCUT2D eigenvalue weighted by atomic mass is 10.2. The molecule has 18 heavy (non-hydrogen) atoms. The average molecular weight is 278 g/mol. The van der Waals surface area contributed by atoms with E-state index in [1.807, 2.05) is 4.90 Å². The second-order valence-corrected chi connectivity index (χ2v) is 6.80. The Balaban J connectivity index is 2.33. The highest BCUT2D eigenvalue weighted by Crippen LogP contribution is 2.06. The average Bonchev–Trinajstić information content (AvgIpc) is 2.47. The zero-order valence-electron chi connectivity index (χ0n) is 10.8. The van der Waals surface area contributed by atoms with Crippen molar-refractivity contribution >= 4 is 15.8 Å². The first kappa shape index (κ1) is 15.4. The van der Waals surface area contributed by atoms with Crippen molar-refractivity contribution < 1.29 is 17.9 Å². The maximum absolute atomic E-state index is 11.4. The van der Waals surface area contributed by atoms with E-state index in [2.05, 4.69) is 0 Å². The van der Waals surface area contributed by atoms with Gasteiger partial charge in [0.15, 0.2) is 9.84 Å². The van der Waals surface area contributed by atoms with Crippen LogP contribution in [0.5, 0.6) is 0 Å². The number of sulfone groups is 1. The number of nitrogens with zero attached hydrogens (tertiary/aromatic N) is 1. The zero-order chi connectivity index (χ0) is 13.6. The Morgan fingerprint density at radius 3 is 2.78 bits per heavy atom. The van der Waals surface area contributed by atoms with Gasteiger partial charge < -0.3 is 15.4 Å². The lowest BCUT2D eigenvalue weighted by molar-refractivity contribution is -0.144. The summed E-state index contributed by atoms with van der Waals surface area (Å²) in [5.41, 5.74) is 5.69. The molecule has 1 saturated heterocycles. The molecule has 0 bridgehead atoms. The third-order valence-electron chi connectivity index (χ3n) is 2.99. The molecule has 1 fully saturated rings. The van der Waals surface area contributed by atoms with E-state index in [0.717, 1.165) is 6.54 Å². The number of carbonyl (C=O) groups is 1. The lowest BCUT2D eigenvalue weighted by Crippen LogP contribution is -2.37. The molecule has 1 aliphatic heterocycles. The lowest BCUT2D eigenvalue weighted by Gasteiger charge is -2.20. The van der Waals surface area contributed by atoms with Gasteiger partial charge in [0.2, 0.25) is 0 Å². The van der Waals surface area contributed by atoms with Crippen LogP contribution in [-0.2, 0) is 19.4 Å². The molecule has 1 unspecified atom stereocenters. The summed E-state index contributed by atoms with van der Waals surface area (Å²) in [6.45, 7) is 3.97. The fraction of sp³-hybridized carbons (Fsp3) is 0.909. The molecular weight excluding hydrogens is 256 g/mol. The van der Waals surface area contributed by atoms with E-state index in [0.29, 0.717) is 32.5 Å². The fourth-order valence-corrected chi connectivity index (χ4v) is 3.21. The van der Waals surface area contributed by atoms with Crippen LogP contribution in [0.4, 0.5) is 0 Å². The van der Waals surface area contributed by atoms with Crippen molar-refractivity contribution in [2.24, 2.45) is 5.73 Å². The van der Waals surface area contributed by atoms with Gasteiger partial charge in [0.25, 0.3) is 0 Å². The maximum atomic E-state index is 11.4. The highest BCUT2D eigenvalue weighted by molar-refractivity contribution is 7.91. The van der Waals surface area contributed by atoms with Gasteiger partial charge in [-0.2, -0.15) is 0 Å². The molecule has 0 amide bonds. The summed E-state index contributed by atoms with van der Waals surface area (Å²) in [7, 11) is -2.88. The van der Waals surface area contributed by atoms with Crippen LogP contribution < -0.4 is 5.73 Å². The van der Waals surface area contributed by atoms with Crippen molar-refractivity contribution in [3.63, 3.8) is 0 Å². The summed E-state index contributed by atoms with van der Waals surface area (Å²) in [6.07, 6.45) is 1.15. The third-order valence-corrected chi connectivity index (χ3v) is 4.71. The summed E-state index contributed by atoms with van der Waals surface area (Å²) in [6, 6.07) is -0.621. The summed E-state index contributed by atoms with van der Waals surface area (Å²) >= 11 is 0. The Bertz CT molecular complexity index is 369. The van der Waals surface area contributed by atoms with Gasteiger partial charge in [0.05, 0.1) is 18.1 Å². The number of hydrogen-bond donors (Lipinski definition) is 1. The molecule has 106 valence electrons. The van der Waals surface area contributed by atoms with Crippen molar-refractivity contribution in [3.05, 3.63) is 0 Å². The van der Waals surface area contributed by atoms with Crippen LogP contribution in [0, 0.1) is 0 Å². The molecule has 1 aliphatic rings. The molecule has 0 radical (unpaired) electrons. The van der Waals surface area contributed by atoms with E-state index < -0.39 is 15.9 Å². The Morgan fingerprint density at radius 1 is 1.39 bits per heavy atom. The summed E-state index contributed by atoms with van der Waals surface area (Å²) in [4.78, 5) is 13.4. The predicted octanol–water partition coefficient (Wildman–Crippen LogP) is -0.613. The highest BCUT2D eigenvalue weighted by Gasteiger charge is 2.21. The number of carbonyl (C=O) groups excluding carboxylic acids is 1. The summed E-state index contributed by atoms with van der Waals surface area (Å²) in [5.74, 6) is 0.0645. The van der Waals surface area contributed by atoms with Crippen LogP contribution in [0.2, 0.25) is 0 Å². The maximum Gasteiger partial charge on any atom is 0.322 e. The van der Waals surface area contributed by atoms with Crippen LogP contribution in [-0.4, -0.2) is 63.1 Å². The van der Waals surface area contributed by atoms with Gasteiger partial charge in [0.1, 0.15) is 6.04 Å². The van der Waals surface area contributed by atoms with Crippen molar-refractivity contribution in [1.82, 2.24) is 4.90 Å². The topological polar surface area (TPSA) is 89.7 Å². The Hall–Kier alpha value is -0.660. The van der Waals surface area contributed by atoms with Crippen molar-refractivity contribution in [2.75, 3.05) is 37.7 Å². The number of nitrogens with two attached hydrogens (primary N) is 1. The van der Waals surface area contributed by atoms with E-state index in [-0.39, 0.29) is 17.5 Å². The van der Waals surface area contributed by atoms with Gasteiger partial charge in [0, 0.05) is 13.1 Å². The standard InChI is InChI=1S/C11H22N2O4S/c1-2-17-11(14)10(12)4-6-13-5-3-8-18(15,16)9-7-13/h10H,2-9,12H2,1H3. The van der Waals surface area contributed by atoms with Gasteiger partial charge in [-0.15, -0.1) is 0 Å². The molecule has 6 nitrogen and oxygen atoms in total. The van der Waals surface area contributed by atoms with E-state index in [1.165, 1.54) is 0 Å². The zero-order valence-corrected chi connectivity index (χ0v) is 11.6. The van der Waals surface area contributed by atoms with Crippen molar-refractivity contribution in [2.45, 2.75) is 25.8 Å². The normalized spacial score (nSPS) is 22.1.